The maximum atomic E-state index is 12.8. The van der Waals surface area contributed by atoms with Crippen LogP contribution < -0.4 is 5.32 Å². The molecule has 1 amide bonds. The molecule has 1 N–H and O–H groups in total. The van der Waals surface area contributed by atoms with E-state index in [0.29, 0.717) is 30.5 Å². The highest BCUT2D eigenvalue weighted by atomic mass is 35.5. The summed E-state index contributed by atoms with van der Waals surface area (Å²) in [5.41, 5.74) is 1.28. The quantitative estimate of drug-likeness (QED) is 0.708. The number of piperidine rings is 1. The molecule has 1 aromatic carbocycles. The van der Waals surface area contributed by atoms with E-state index in [1.54, 1.807) is 6.07 Å². The maximum Gasteiger partial charge on any atom is 0.276 e. The van der Waals surface area contributed by atoms with Gasteiger partial charge in [0.05, 0.1) is 6.54 Å². The molecule has 2 aliphatic heterocycles. The van der Waals surface area contributed by atoms with E-state index in [9.17, 15) is 4.79 Å². The number of amides is 1. The first-order chi connectivity index (χ1) is 13.8. The molecule has 0 spiro atoms. The van der Waals surface area contributed by atoms with Crippen molar-refractivity contribution in [2.75, 3.05) is 19.6 Å². The van der Waals surface area contributed by atoms with Gasteiger partial charge in [-0.15, -0.1) is 22.6 Å². The number of nitrogens with zero attached hydrogens (tertiary/aromatic N) is 5. The molecule has 152 valence electrons. The largest absolute Gasteiger partial charge is 0.355 e. The fourth-order valence-electron chi connectivity index (χ4n) is 4.03. The predicted octanol–water partition coefficient (Wildman–Crippen LogP) is 2.48. The molecule has 2 aromatic heterocycles. The van der Waals surface area contributed by atoms with Gasteiger partial charge in [0.15, 0.2) is 11.5 Å². The van der Waals surface area contributed by atoms with E-state index in [2.05, 4.69) is 25.2 Å². The number of carbonyl (C=O) groups is 1. The van der Waals surface area contributed by atoms with Crippen molar-refractivity contribution in [3.63, 3.8) is 0 Å². The monoisotopic (exact) mass is 414 g/mol. The first-order valence-electron chi connectivity index (χ1n) is 9.74. The van der Waals surface area contributed by atoms with Gasteiger partial charge in [0.25, 0.3) is 5.91 Å². The molecule has 0 radical (unpaired) electrons. The Bertz CT molecular complexity index is 978. The molecule has 0 bridgehead atoms. The Kier molecular flexibility index (Phi) is 5.64. The Balaban J connectivity index is 0.00000205. The van der Waals surface area contributed by atoms with Crippen molar-refractivity contribution in [2.24, 2.45) is 0 Å². The third-order valence-corrected chi connectivity index (χ3v) is 5.59. The average molecular weight is 415 g/mol. The molecule has 0 aliphatic carbocycles. The lowest BCUT2D eigenvalue weighted by molar-refractivity contribution is 0.0699. The number of hydrogen-bond acceptors (Lipinski definition) is 6. The number of hydrogen-bond donors (Lipinski definition) is 1. The predicted molar refractivity (Wildman–Crippen MR) is 109 cm³/mol. The van der Waals surface area contributed by atoms with Crippen LogP contribution in [0.15, 0.2) is 40.9 Å². The zero-order chi connectivity index (χ0) is 18.9. The van der Waals surface area contributed by atoms with Crippen molar-refractivity contribution in [1.82, 2.24) is 30.1 Å². The lowest BCUT2D eigenvalue weighted by atomic mass is 9.95. The lowest BCUT2D eigenvalue weighted by Gasteiger charge is -2.31. The Labute approximate surface area is 174 Å². The van der Waals surface area contributed by atoms with Gasteiger partial charge in [0.1, 0.15) is 11.6 Å². The fourth-order valence-corrected chi connectivity index (χ4v) is 4.03. The summed E-state index contributed by atoms with van der Waals surface area (Å²) in [6.07, 6.45) is 1.78. The molecule has 8 nitrogen and oxygen atoms in total. The summed E-state index contributed by atoms with van der Waals surface area (Å²) in [5.74, 6) is 2.96. The third kappa shape index (κ3) is 3.77. The van der Waals surface area contributed by atoms with E-state index in [-0.39, 0.29) is 18.3 Å². The number of likely N-dealkylation sites (tertiary alicyclic amines) is 1. The zero-order valence-corrected chi connectivity index (χ0v) is 16.8. The number of aromatic nitrogens is 4. The molecular formula is C20H23ClN6O2. The molecule has 0 atom stereocenters. The Hall–Kier alpha value is -2.71. The third-order valence-electron chi connectivity index (χ3n) is 5.59. The molecule has 1 saturated heterocycles. The van der Waals surface area contributed by atoms with E-state index in [1.165, 1.54) is 0 Å². The van der Waals surface area contributed by atoms with Crippen LogP contribution >= 0.6 is 12.4 Å². The summed E-state index contributed by atoms with van der Waals surface area (Å²) >= 11 is 0. The van der Waals surface area contributed by atoms with Crippen molar-refractivity contribution >= 4 is 18.3 Å². The van der Waals surface area contributed by atoms with Gasteiger partial charge in [-0.05, 0) is 12.8 Å². The number of nitrogens with one attached hydrogen (secondary N) is 1. The van der Waals surface area contributed by atoms with Gasteiger partial charge in [0.2, 0.25) is 0 Å². The Morgan fingerprint density at radius 2 is 1.90 bits per heavy atom. The first kappa shape index (κ1) is 19.6. The molecule has 4 heterocycles. The molecule has 3 aromatic rings. The fraction of sp³-hybridized carbons (Fsp3) is 0.400. The van der Waals surface area contributed by atoms with Crippen LogP contribution in [-0.2, 0) is 13.1 Å². The molecule has 9 heteroatoms. The summed E-state index contributed by atoms with van der Waals surface area (Å²) in [4.78, 5) is 14.7. The van der Waals surface area contributed by atoms with Crippen LogP contribution in [0.5, 0.6) is 0 Å². The number of benzene rings is 1. The summed E-state index contributed by atoms with van der Waals surface area (Å²) in [5, 5.41) is 16.1. The van der Waals surface area contributed by atoms with Gasteiger partial charge in [-0.3, -0.25) is 4.79 Å². The number of fused-ring (bicyclic) bond motifs is 1. The molecule has 29 heavy (non-hydrogen) atoms. The first-order valence-corrected chi connectivity index (χ1v) is 9.74. The SMILES string of the molecule is Cl.O=C(c1cc(-c2ccccc2)on1)N1CCC(c2nnc3n2CCNC3)CC1. The van der Waals surface area contributed by atoms with E-state index >= 15 is 0 Å². The molecule has 5 rings (SSSR count). The smallest absolute Gasteiger partial charge is 0.276 e. The minimum Gasteiger partial charge on any atom is -0.355 e. The van der Waals surface area contributed by atoms with Gasteiger partial charge < -0.3 is 19.3 Å². The minimum absolute atomic E-state index is 0. The van der Waals surface area contributed by atoms with E-state index in [4.69, 9.17) is 4.52 Å². The van der Waals surface area contributed by atoms with Crippen LogP contribution in [0.4, 0.5) is 0 Å². The molecule has 1 fully saturated rings. The van der Waals surface area contributed by atoms with Crippen LogP contribution in [0, 0.1) is 0 Å². The van der Waals surface area contributed by atoms with Gasteiger partial charge in [-0.2, -0.15) is 0 Å². The highest BCUT2D eigenvalue weighted by Gasteiger charge is 2.30. The van der Waals surface area contributed by atoms with Gasteiger partial charge in [0, 0.05) is 43.7 Å². The molecular weight excluding hydrogens is 392 g/mol. The van der Waals surface area contributed by atoms with Gasteiger partial charge in [-0.1, -0.05) is 35.5 Å². The molecule has 0 unspecified atom stereocenters. The van der Waals surface area contributed by atoms with Crippen molar-refractivity contribution in [1.29, 1.82) is 0 Å². The summed E-state index contributed by atoms with van der Waals surface area (Å²) in [7, 11) is 0. The van der Waals surface area contributed by atoms with Gasteiger partial charge in [-0.25, -0.2) is 0 Å². The second-order valence-electron chi connectivity index (χ2n) is 7.31. The maximum absolute atomic E-state index is 12.8. The minimum atomic E-state index is -0.0724. The highest BCUT2D eigenvalue weighted by molar-refractivity contribution is 5.93. The number of carbonyl (C=O) groups excluding carboxylic acids is 1. The highest BCUT2D eigenvalue weighted by Crippen LogP contribution is 2.29. The standard InChI is InChI=1S/C20H22N6O2.ClH/c27-20(16-12-17(28-24-16)14-4-2-1-3-5-14)25-9-6-15(7-10-25)19-23-22-18-13-21-8-11-26(18)19;/h1-5,12,15,21H,6-11,13H2;1H. The van der Waals surface area contributed by atoms with E-state index in [1.807, 2.05) is 35.2 Å². The van der Waals surface area contributed by atoms with E-state index < -0.39 is 0 Å². The van der Waals surface area contributed by atoms with Crippen LogP contribution in [0.3, 0.4) is 0 Å². The molecule has 2 aliphatic rings. The lowest BCUT2D eigenvalue weighted by Crippen LogP contribution is -2.39. The molecule has 0 saturated carbocycles. The van der Waals surface area contributed by atoms with Crippen molar-refractivity contribution in [2.45, 2.75) is 31.8 Å². The van der Waals surface area contributed by atoms with Crippen LogP contribution in [0.2, 0.25) is 0 Å². The van der Waals surface area contributed by atoms with Crippen molar-refractivity contribution < 1.29 is 9.32 Å². The van der Waals surface area contributed by atoms with Crippen molar-refractivity contribution in [3.8, 4) is 11.3 Å². The second-order valence-corrected chi connectivity index (χ2v) is 7.31. The van der Waals surface area contributed by atoms with Crippen LogP contribution in [0.1, 0.15) is 40.9 Å². The van der Waals surface area contributed by atoms with Crippen LogP contribution in [0.25, 0.3) is 11.3 Å². The summed E-state index contributed by atoms with van der Waals surface area (Å²) in [6, 6.07) is 11.4. The topological polar surface area (TPSA) is 89.1 Å². The van der Waals surface area contributed by atoms with Crippen molar-refractivity contribution in [3.05, 3.63) is 53.7 Å². The van der Waals surface area contributed by atoms with Crippen LogP contribution in [-0.4, -0.2) is 50.4 Å². The average Bonchev–Trinajstić information content (AvgIpc) is 3.42. The normalized spacial score (nSPS) is 16.9. The summed E-state index contributed by atoms with van der Waals surface area (Å²) in [6.45, 7) is 4.03. The Morgan fingerprint density at radius 1 is 1.10 bits per heavy atom. The Morgan fingerprint density at radius 3 is 2.69 bits per heavy atom. The van der Waals surface area contributed by atoms with E-state index in [0.717, 1.165) is 49.7 Å². The summed E-state index contributed by atoms with van der Waals surface area (Å²) < 4.78 is 7.62. The zero-order valence-electron chi connectivity index (χ0n) is 16.0. The van der Waals surface area contributed by atoms with Gasteiger partial charge >= 0.3 is 0 Å². The second kappa shape index (κ2) is 8.34. The number of halogens is 1. The number of rotatable bonds is 3.